The van der Waals surface area contributed by atoms with E-state index >= 15 is 0 Å². The maximum atomic E-state index is 11.0. The molecule has 0 aromatic carbocycles. The maximum Gasteiger partial charge on any atom is 0.322 e. The third-order valence-electron chi connectivity index (χ3n) is 2.50. The van der Waals surface area contributed by atoms with Crippen LogP contribution >= 0.6 is 23.1 Å². The Balaban J connectivity index is 2.07. The second kappa shape index (κ2) is 5.05. The lowest BCUT2D eigenvalue weighted by molar-refractivity contribution is -0.144. The van der Waals surface area contributed by atoms with Gasteiger partial charge in [-0.05, 0) is 0 Å². The first kappa shape index (κ1) is 11.7. The number of rotatable bonds is 3. The van der Waals surface area contributed by atoms with Crippen molar-refractivity contribution in [3.8, 4) is 0 Å². The molecular formula is C8H11ClN4O2S. The van der Waals surface area contributed by atoms with Crippen molar-refractivity contribution in [3.05, 3.63) is 10.0 Å². The monoisotopic (exact) mass is 262 g/mol. The van der Waals surface area contributed by atoms with Crippen LogP contribution in [0, 0.1) is 0 Å². The van der Waals surface area contributed by atoms with Crippen LogP contribution in [0.25, 0.3) is 0 Å². The topological polar surface area (TPSA) is 78.4 Å². The molecule has 8 heteroatoms. The molecule has 1 aromatic rings. The van der Waals surface area contributed by atoms with Crippen LogP contribution in [0.2, 0.25) is 4.34 Å². The lowest BCUT2D eigenvalue weighted by Crippen LogP contribution is -2.54. The number of hydrogen-bond donors (Lipinski definition) is 2. The van der Waals surface area contributed by atoms with Crippen molar-refractivity contribution >= 4 is 29.1 Å². The Hall–Kier alpha value is -0.760. The number of aromatic nitrogens is 2. The fourth-order valence-corrected chi connectivity index (χ4v) is 2.27. The smallest absolute Gasteiger partial charge is 0.322 e. The van der Waals surface area contributed by atoms with Gasteiger partial charge < -0.3 is 10.4 Å². The molecule has 1 aliphatic rings. The van der Waals surface area contributed by atoms with Crippen molar-refractivity contribution in [2.45, 2.75) is 12.6 Å². The molecule has 0 amide bonds. The molecule has 1 fully saturated rings. The average Bonchev–Trinajstić information content (AvgIpc) is 2.65. The predicted octanol–water partition coefficient (Wildman–Crippen LogP) is 0.0499. The normalized spacial score (nSPS) is 22.2. The summed E-state index contributed by atoms with van der Waals surface area (Å²) in [5.74, 6) is -0.827. The van der Waals surface area contributed by atoms with Crippen molar-refractivity contribution in [1.29, 1.82) is 0 Å². The number of halogens is 1. The van der Waals surface area contributed by atoms with E-state index in [0.29, 0.717) is 29.7 Å². The molecule has 6 nitrogen and oxygen atoms in total. The number of carbonyl (C=O) groups is 1. The SMILES string of the molecule is O=C(O)C1CNCCN1Cc1nnsc1Cl. The van der Waals surface area contributed by atoms with Crippen LogP contribution in [0.4, 0.5) is 0 Å². The van der Waals surface area contributed by atoms with E-state index in [1.165, 1.54) is 0 Å². The Labute approximate surface area is 101 Å². The van der Waals surface area contributed by atoms with Crippen LogP contribution in [0.3, 0.4) is 0 Å². The number of nitrogens with one attached hydrogen (secondary N) is 1. The van der Waals surface area contributed by atoms with Gasteiger partial charge in [0, 0.05) is 37.7 Å². The number of carboxylic acids is 1. The van der Waals surface area contributed by atoms with Gasteiger partial charge in [-0.3, -0.25) is 9.69 Å². The average molecular weight is 263 g/mol. The van der Waals surface area contributed by atoms with E-state index in [1.807, 2.05) is 4.90 Å². The Kier molecular flexibility index (Phi) is 3.70. The van der Waals surface area contributed by atoms with Crippen LogP contribution in [0.15, 0.2) is 0 Å². The van der Waals surface area contributed by atoms with Gasteiger partial charge in [0.15, 0.2) is 0 Å². The standard InChI is InChI=1S/C8H11ClN4O2S/c9-7-5(11-12-16-7)4-13-2-1-10-3-6(13)8(14)15/h6,10H,1-4H2,(H,14,15). The summed E-state index contributed by atoms with van der Waals surface area (Å²) in [6.07, 6.45) is 0. The molecule has 16 heavy (non-hydrogen) atoms. The maximum absolute atomic E-state index is 11.0. The Morgan fingerprint density at radius 1 is 1.75 bits per heavy atom. The van der Waals surface area contributed by atoms with E-state index in [2.05, 4.69) is 14.9 Å². The highest BCUT2D eigenvalue weighted by atomic mass is 35.5. The van der Waals surface area contributed by atoms with Gasteiger partial charge >= 0.3 is 5.97 Å². The number of piperazine rings is 1. The molecule has 0 radical (unpaired) electrons. The molecule has 2 rings (SSSR count). The van der Waals surface area contributed by atoms with Crippen LogP contribution in [0.5, 0.6) is 0 Å². The molecule has 2 heterocycles. The Morgan fingerprint density at radius 3 is 3.19 bits per heavy atom. The predicted molar refractivity (Wildman–Crippen MR) is 59.6 cm³/mol. The first-order chi connectivity index (χ1) is 7.68. The molecule has 0 spiro atoms. The first-order valence-corrected chi connectivity index (χ1v) is 5.98. The van der Waals surface area contributed by atoms with Crippen LogP contribution in [-0.2, 0) is 11.3 Å². The van der Waals surface area contributed by atoms with Crippen molar-refractivity contribution in [1.82, 2.24) is 19.8 Å². The van der Waals surface area contributed by atoms with Gasteiger partial charge in [0.25, 0.3) is 0 Å². The minimum absolute atomic E-state index is 0.438. The fourth-order valence-electron chi connectivity index (χ4n) is 1.66. The van der Waals surface area contributed by atoms with Gasteiger partial charge in [-0.15, -0.1) is 5.10 Å². The summed E-state index contributed by atoms with van der Waals surface area (Å²) < 4.78 is 4.26. The lowest BCUT2D eigenvalue weighted by Gasteiger charge is -2.32. The first-order valence-electron chi connectivity index (χ1n) is 4.83. The molecule has 0 saturated carbocycles. The zero-order valence-electron chi connectivity index (χ0n) is 8.39. The second-order valence-electron chi connectivity index (χ2n) is 3.52. The zero-order chi connectivity index (χ0) is 11.5. The molecule has 0 aliphatic carbocycles. The number of hydrogen-bond acceptors (Lipinski definition) is 6. The van der Waals surface area contributed by atoms with Gasteiger partial charge in [0.2, 0.25) is 0 Å². The van der Waals surface area contributed by atoms with Gasteiger partial charge in [-0.25, -0.2) is 0 Å². The van der Waals surface area contributed by atoms with E-state index in [9.17, 15) is 4.79 Å². The van der Waals surface area contributed by atoms with Gasteiger partial charge in [0.1, 0.15) is 16.1 Å². The Morgan fingerprint density at radius 2 is 2.56 bits per heavy atom. The zero-order valence-corrected chi connectivity index (χ0v) is 9.96. The summed E-state index contributed by atoms with van der Waals surface area (Å²) in [4.78, 5) is 12.9. The summed E-state index contributed by atoms with van der Waals surface area (Å²) in [6.45, 7) is 2.34. The fraction of sp³-hybridized carbons (Fsp3) is 0.625. The summed E-state index contributed by atoms with van der Waals surface area (Å²) >= 11 is 7.01. The van der Waals surface area contributed by atoms with Crippen LogP contribution in [-0.4, -0.2) is 51.2 Å². The third-order valence-corrected chi connectivity index (χ3v) is 3.49. The van der Waals surface area contributed by atoms with E-state index in [1.54, 1.807) is 0 Å². The second-order valence-corrected chi connectivity index (χ2v) is 4.88. The molecule has 1 aromatic heterocycles. The molecule has 88 valence electrons. The van der Waals surface area contributed by atoms with Gasteiger partial charge in [-0.1, -0.05) is 16.1 Å². The summed E-state index contributed by atoms with van der Waals surface area (Å²) in [7, 11) is 0. The van der Waals surface area contributed by atoms with Crippen molar-refractivity contribution in [2.75, 3.05) is 19.6 Å². The minimum Gasteiger partial charge on any atom is -0.480 e. The van der Waals surface area contributed by atoms with Crippen molar-refractivity contribution in [3.63, 3.8) is 0 Å². The van der Waals surface area contributed by atoms with E-state index in [0.717, 1.165) is 18.1 Å². The van der Waals surface area contributed by atoms with E-state index < -0.39 is 12.0 Å². The summed E-state index contributed by atoms with van der Waals surface area (Å²) in [5.41, 5.74) is 0.653. The molecule has 1 aliphatic heterocycles. The lowest BCUT2D eigenvalue weighted by atomic mass is 10.2. The van der Waals surface area contributed by atoms with Gasteiger partial charge in [0.05, 0.1) is 0 Å². The quantitative estimate of drug-likeness (QED) is 0.802. The van der Waals surface area contributed by atoms with Crippen molar-refractivity contribution < 1.29 is 9.90 Å². The van der Waals surface area contributed by atoms with Crippen LogP contribution in [0.1, 0.15) is 5.69 Å². The molecule has 1 unspecified atom stereocenters. The number of carboxylic acid groups (broad SMARTS) is 1. The molecule has 1 atom stereocenters. The largest absolute Gasteiger partial charge is 0.480 e. The highest BCUT2D eigenvalue weighted by Gasteiger charge is 2.29. The molecular weight excluding hydrogens is 252 g/mol. The number of nitrogens with zero attached hydrogens (tertiary/aromatic N) is 3. The van der Waals surface area contributed by atoms with Crippen LogP contribution < -0.4 is 5.32 Å². The highest BCUT2D eigenvalue weighted by molar-refractivity contribution is 7.10. The summed E-state index contributed by atoms with van der Waals surface area (Å²) in [5, 5.41) is 16.0. The Bertz CT molecular complexity index is 386. The van der Waals surface area contributed by atoms with Crippen molar-refractivity contribution in [2.24, 2.45) is 0 Å². The van der Waals surface area contributed by atoms with Gasteiger partial charge in [-0.2, -0.15) is 0 Å². The molecule has 1 saturated heterocycles. The minimum atomic E-state index is -0.827. The number of aliphatic carboxylic acids is 1. The summed E-state index contributed by atoms with van der Waals surface area (Å²) in [6, 6.07) is -0.522. The van der Waals surface area contributed by atoms with E-state index in [-0.39, 0.29) is 0 Å². The highest BCUT2D eigenvalue weighted by Crippen LogP contribution is 2.20. The van der Waals surface area contributed by atoms with E-state index in [4.69, 9.17) is 16.7 Å². The third kappa shape index (κ3) is 2.49. The molecule has 0 bridgehead atoms. The molecule has 2 N–H and O–H groups in total.